The fourth-order valence-corrected chi connectivity index (χ4v) is 1.92. The van der Waals surface area contributed by atoms with Crippen LogP contribution < -0.4 is 5.32 Å². The van der Waals surface area contributed by atoms with Crippen molar-refractivity contribution < 1.29 is 9.53 Å². The minimum Gasteiger partial charge on any atom is -0.467 e. The van der Waals surface area contributed by atoms with Gasteiger partial charge in [-0.15, -0.1) is 0 Å². The Hall–Kier alpha value is -2.29. The number of esters is 1. The van der Waals surface area contributed by atoms with Gasteiger partial charge in [0.05, 0.1) is 7.11 Å². The molecule has 0 amide bonds. The van der Waals surface area contributed by atoms with Gasteiger partial charge in [-0.25, -0.2) is 4.79 Å². The van der Waals surface area contributed by atoms with Gasteiger partial charge in [-0.05, 0) is 17.7 Å². The van der Waals surface area contributed by atoms with E-state index < -0.39 is 0 Å². The second kappa shape index (κ2) is 6.59. The third kappa shape index (κ3) is 3.85. The minimum absolute atomic E-state index is 0.257. The predicted octanol–water partition coefficient (Wildman–Crippen LogP) is 2.88. The lowest BCUT2D eigenvalue weighted by Crippen LogP contribution is -2.32. The summed E-state index contributed by atoms with van der Waals surface area (Å²) in [6.45, 7) is 0. The number of para-hydroxylation sites is 1. The van der Waals surface area contributed by atoms with Gasteiger partial charge in [0.25, 0.3) is 0 Å². The summed E-state index contributed by atoms with van der Waals surface area (Å²) in [5.41, 5.74) is 2.01. The van der Waals surface area contributed by atoms with Crippen LogP contribution in [0.2, 0.25) is 0 Å². The number of anilines is 1. The summed E-state index contributed by atoms with van der Waals surface area (Å²) in [7, 11) is 1.41. The van der Waals surface area contributed by atoms with Crippen molar-refractivity contribution in [2.45, 2.75) is 12.5 Å². The van der Waals surface area contributed by atoms with E-state index in [1.165, 1.54) is 7.11 Å². The van der Waals surface area contributed by atoms with Gasteiger partial charge < -0.3 is 10.1 Å². The van der Waals surface area contributed by atoms with E-state index in [1.807, 2.05) is 60.7 Å². The molecule has 0 aromatic heterocycles. The molecule has 0 bridgehead atoms. The van der Waals surface area contributed by atoms with Crippen LogP contribution in [0.4, 0.5) is 5.69 Å². The van der Waals surface area contributed by atoms with Crippen LogP contribution in [0.25, 0.3) is 0 Å². The molecule has 0 unspecified atom stereocenters. The van der Waals surface area contributed by atoms with Crippen molar-refractivity contribution in [3.05, 3.63) is 66.2 Å². The number of benzene rings is 2. The molecule has 0 spiro atoms. The molecule has 2 rings (SSSR count). The number of methoxy groups -OCH3 is 1. The Balaban J connectivity index is 2.10. The average Bonchev–Trinajstić information content (AvgIpc) is 2.48. The van der Waals surface area contributed by atoms with E-state index in [1.54, 1.807) is 0 Å². The molecule has 19 heavy (non-hydrogen) atoms. The molecule has 2 aromatic rings. The molecule has 0 aliphatic heterocycles. The third-order valence-electron chi connectivity index (χ3n) is 2.88. The number of rotatable bonds is 5. The average molecular weight is 255 g/mol. The molecule has 1 N–H and O–H groups in total. The van der Waals surface area contributed by atoms with Gasteiger partial charge in [0.1, 0.15) is 6.04 Å². The predicted molar refractivity (Wildman–Crippen MR) is 76.0 cm³/mol. The van der Waals surface area contributed by atoms with Crippen molar-refractivity contribution in [2.75, 3.05) is 12.4 Å². The van der Waals surface area contributed by atoms with Crippen molar-refractivity contribution in [1.82, 2.24) is 0 Å². The molecule has 0 fully saturated rings. The summed E-state index contributed by atoms with van der Waals surface area (Å²) >= 11 is 0. The highest BCUT2D eigenvalue weighted by Crippen LogP contribution is 2.12. The number of carbonyl (C=O) groups is 1. The third-order valence-corrected chi connectivity index (χ3v) is 2.88. The summed E-state index contributed by atoms with van der Waals surface area (Å²) in [6, 6.07) is 19.2. The topological polar surface area (TPSA) is 38.3 Å². The quantitative estimate of drug-likeness (QED) is 0.835. The summed E-state index contributed by atoms with van der Waals surface area (Å²) in [4.78, 5) is 11.8. The zero-order chi connectivity index (χ0) is 13.5. The lowest BCUT2D eigenvalue weighted by atomic mass is 10.1. The normalized spacial score (nSPS) is 11.6. The van der Waals surface area contributed by atoms with Crippen LogP contribution in [0.3, 0.4) is 0 Å². The minimum atomic E-state index is -0.380. The van der Waals surface area contributed by atoms with E-state index in [0.717, 1.165) is 11.3 Å². The summed E-state index contributed by atoms with van der Waals surface area (Å²) in [5.74, 6) is -0.257. The van der Waals surface area contributed by atoms with Crippen molar-refractivity contribution in [3.63, 3.8) is 0 Å². The van der Waals surface area contributed by atoms with E-state index in [9.17, 15) is 4.79 Å². The maximum atomic E-state index is 11.8. The highest BCUT2D eigenvalue weighted by Gasteiger charge is 2.19. The molecule has 98 valence electrons. The Labute approximate surface area is 113 Å². The highest BCUT2D eigenvalue weighted by molar-refractivity contribution is 5.79. The number of hydrogen-bond donors (Lipinski definition) is 1. The van der Waals surface area contributed by atoms with Gasteiger partial charge in [0, 0.05) is 12.1 Å². The first-order chi connectivity index (χ1) is 9.29. The first kappa shape index (κ1) is 13.1. The molecule has 0 heterocycles. The first-order valence-electron chi connectivity index (χ1n) is 6.23. The van der Waals surface area contributed by atoms with Crippen molar-refractivity contribution in [2.24, 2.45) is 0 Å². The van der Waals surface area contributed by atoms with E-state index in [0.29, 0.717) is 6.42 Å². The van der Waals surface area contributed by atoms with Crippen molar-refractivity contribution in [3.8, 4) is 0 Å². The fourth-order valence-electron chi connectivity index (χ4n) is 1.92. The van der Waals surface area contributed by atoms with Gasteiger partial charge >= 0.3 is 5.97 Å². The van der Waals surface area contributed by atoms with Gasteiger partial charge in [0.2, 0.25) is 0 Å². The number of hydrogen-bond acceptors (Lipinski definition) is 3. The Morgan fingerprint density at radius 2 is 1.63 bits per heavy atom. The molecule has 0 aliphatic rings. The molecular formula is C16H17NO2. The smallest absolute Gasteiger partial charge is 0.328 e. The molecule has 0 radical (unpaired) electrons. The summed E-state index contributed by atoms with van der Waals surface area (Å²) in [5, 5.41) is 3.20. The second-order valence-corrected chi connectivity index (χ2v) is 4.28. The van der Waals surface area contributed by atoms with Crippen LogP contribution in [0, 0.1) is 0 Å². The number of nitrogens with one attached hydrogen (secondary N) is 1. The van der Waals surface area contributed by atoms with Gasteiger partial charge in [-0.1, -0.05) is 48.5 Å². The molecule has 3 nitrogen and oxygen atoms in total. The Kier molecular flexibility index (Phi) is 4.56. The number of ether oxygens (including phenoxy) is 1. The SMILES string of the molecule is COC(=O)[C@H](Cc1ccccc1)Nc1ccccc1. The Bertz CT molecular complexity index is 469. The first-order valence-corrected chi connectivity index (χ1v) is 6.23. The van der Waals surface area contributed by atoms with Gasteiger partial charge in [0.15, 0.2) is 0 Å². The standard InChI is InChI=1S/C16H17NO2/c1-19-16(18)15(12-13-8-4-2-5-9-13)17-14-10-6-3-7-11-14/h2-11,15,17H,12H2,1H3/t15-/m0/s1. The van der Waals surface area contributed by atoms with Gasteiger partial charge in [-0.2, -0.15) is 0 Å². The van der Waals surface area contributed by atoms with Crippen molar-refractivity contribution in [1.29, 1.82) is 0 Å². The molecule has 1 atom stereocenters. The van der Waals surface area contributed by atoms with Crippen LogP contribution in [-0.2, 0) is 16.0 Å². The van der Waals surface area contributed by atoms with Crippen LogP contribution in [-0.4, -0.2) is 19.1 Å². The maximum absolute atomic E-state index is 11.8. The highest BCUT2D eigenvalue weighted by atomic mass is 16.5. The zero-order valence-electron chi connectivity index (χ0n) is 10.9. The summed E-state index contributed by atoms with van der Waals surface area (Å²) < 4.78 is 4.86. The monoisotopic (exact) mass is 255 g/mol. The zero-order valence-corrected chi connectivity index (χ0v) is 10.9. The molecule has 0 saturated carbocycles. The largest absolute Gasteiger partial charge is 0.467 e. The Morgan fingerprint density at radius 3 is 2.21 bits per heavy atom. The molecule has 3 heteroatoms. The van der Waals surface area contributed by atoms with Crippen LogP contribution in [0.1, 0.15) is 5.56 Å². The van der Waals surface area contributed by atoms with Crippen molar-refractivity contribution >= 4 is 11.7 Å². The fraction of sp³-hybridized carbons (Fsp3) is 0.188. The maximum Gasteiger partial charge on any atom is 0.328 e. The molecular weight excluding hydrogens is 238 g/mol. The summed E-state index contributed by atoms with van der Waals surface area (Å²) in [6.07, 6.45) is 0.600. The molecule has 0 saturated heterocycles. The van der Waals surface area contributed by atoms with E-state index >= 15 is 0 Å². The number of carbonyl (C=O) groups excluding carboxylic acids is 1. The second-order valence-electron chi connectivity index (χ2n) is 4.28. The van der Waals surface area contributed by atoms with Crippen LogP contribution >= 0.6 is 0 Å². The molecule has 2 aromatic carbocycles. The lowest BCUT2D eigenvalue weighted by molar-refractivity contribution is -0.141. The van der Waals surface area contributed by atoms with Gasteiger partial charge in [-0.3, -0.25) is 0 Å². The van der Waals surface area contributed by atoms with E-state index in [2.05, 4.69) is 5.32 Å². The van der Waals surface area contributed by atoms with E-state index in [-0.39, 0.29) is 12.0 Å². The van der Waals surface area contributed by atoms with E-state index in [4.69, 9.17) is 4.74 Å². The van der Waals surface area contributed by atoms with Crippen LogP contribution in [0.15, 0.2) is 60.7 Å². The van der Waals surface area contributed by atoms with Crippen LogP contribution in [0.5, 0.6) is 0 Å². The Morgan fingerprint density at radius 1 is 1.05 bits per heavy atom. The molecule has 0 aliphatic carbocycles. The lowest BCUT2D eigenvalue weighted by Gasteiger charge is -2.17.